The molecule has 0 aliphatic carbocycles. The smallest absolute Gasteiger partial charge is 0.326 e. The summed E-state index contributed by atoms with van der Waals surface area (Å²) in [5.41, 5.74) is 1.13. The van der Waals surface area contributed by atoms with Gasteiger partial charge in [0.2, 0.25) is 0 Å². The molecule has 1 unspecified atom stereocenters. The van der Waals surface area contributed by atoms with E-state index >= 15 is 0 Å². The highest BCUT2D eigenvalue weighted by molar-refractivity contribution is 9.10. The fraction of sp³-hybridized carbons (Fsp3) is 0.250. The molecule has 0 aromatic heterocycles. The van der Waals surface area contributed by atoms with Gasteiger partial charge < -0.3 is 20.8 Å². The van der Waals surface area contributed by atoms with Crippen molar-refractivity contribution in [1.29, 1.82) is 0 Å². The molecular formula is C12H12BrClN2O5. The van der Waals surface area contributed by atoms with Crippen LogP contribution in [0.15, 0.2) is 16.6 Å². The lowest BCUT2D eigenvalue weighted by molar-refractivity contribution is -0.145. The van der Waals surface area contributed by atoms with Crippen molar-refractivity contribution in [1.82, 2.24) is 5.32 Å². The highest BCUT2D eigenvalue weighted by atomic mass is 79.9. The number of rotatable bonds is 5. The molecule has 1 aromatic carbocycles. The molecule has 0 aliphatic heterocycles. The fourth-order valence-electron chi connectivity index (χ4n) is 1.43. The van der Waals surface area contributed by atoms with Gasteiger partial charge in [0.1, 0.15) is 6.04 Å². The Morgan fingerprint density at radius 2 is 1.95 bits per heavy atom. The zero-order valence-electron chi connectivity index (χ0n) is 10.8. The van der Waals surface area contributed by atoms with Crippen molar-refractivity contribution in [2.75, 3.05) is 5.32 Å². The van der Waals surface area contributed by atoms with Crippen LogP contribution in [0.2, 0.25) is 5.02 Å². The van der Waals surface area contributed by atoms with E-state index in [0.717, 1.165) is 5.56 Å². The summed E-state index contributed by atoms with van der Waals surface area (Å²) in [4.78, 5) is 33.1. The maximum atomic E-state index is 11.7. The second-order valence-corrected chi connectivity index (χ2v) is 5.43. The molecule has 0 heterocycles. The molecule has 1 rings (SSSR count). The molecule has 114 valence electrons. The van der Waals surface area contributed by atoms with Crippen LogP contribution in [-0.4, -0.2) is 34.2 Å². The number of aryl methyl sites for hydroxylation is 1. The van der Waals surface area contributed by atoms with Gasteiger partial charge in [-0.15, -0.1) is 0 Å². The molecule has 7 nitrogen and oxygen atoms in total. The summed E-state index contributed by atoms with van der Waals surface area (Å²) >= 11 is 9.16. The quantitative estimate of drug-likeness (QED) is 0.627. The van der Waals surface area contributed by atoms with Crippen LogP contribution < -0.4 is 10.6 Å². The third-order valence-corrected chi connectivity index (χ3v) is 3.54. The molecule has 2 amide bonds. The van der Waals surface area contributed by atoms with E-state index in [4.69, 9.17) is 21.8 Å². The Morgan fingerprint density at radius 1 is 1.33 bits per heavy atom. The van der Waals surface area contributed by atoms with E-state index in [0.29, 0.717) is 15.2 Å². The van der Waals surface area contributed by atoms with Crippen molar-refractivity contribution in [3.8, 4) is 0 Å². The number of anilines is 1. The number of hydrogen-bond donors (Lipinski definition) is 4. The largest absolute Gasteiger partial charge is 0.481 e. The van der Waals surface area contributed by atoms with Crippen molar-refractivity contribution in [3.05, 3.63) is 27.2 Å². The van der Waals surface area contributed by atoms with Gasteiger partial charge in [-0.1, -0.05) is 11.6 Å². The lowest BCUT2D eigenvalue weighted by atomic mass is 10.2. The minimum atomic E-state index is -1.53. The number of carbonyl (C=O) groups excluding carboxylic acids is 1. The van der Waals surface area contributed by atoms with Gasteiger partial charge in [0.15, 0.2) is 0 Å². The molecule has 9 heteroatoms. The van der Waals surface area contributed by atoms with E-state index in [1.165, 1.54) is 6.07 Å². The summed E-state index contributed by atoms with van der Waals surface area (Å²) < 4.78 is 0.560. The standard InChI is InChI=1S/C12H12BrClN2O5/c1-5-2-6(13)8(3-7(5)14)15-12(21)16-9(11(19)20)4-10(17)18/h2-3,9H,4H2,1H3,(H,17,18)(H,19,20)(H2,15,16,21). The summed E-state index contributed by atoms with van der Waals surface area (Å²) in [5, 5.41) is 22.3. The highest BCUT2D eigenvalue weighted by Crippen LogP contribution is 2.29. The van der Waals surface area contributed by atoms with Crippen LogP contribution in [-0.2, 0) is 9.59 Å². The summed E-state index contributed by atoms with van der Waals surface area (Å²) in [6.07, 6.45) is -0.724. The first kappa shape index (κ1) is 17.3. The fourth-order valence-corrected chi connectivity index (χ4v) is 2.15. The summed E-state index contributed by atoms with van der Waals surface area (Å²) in [7, 11) is 0. The third kappa shape index (κ3) is 5.24. The van der Waals surface area contributed by atoms with Gasteiger partial charge in [0, 0.05) is 9.50 Å². The van der Waals surface area contributed by atoms with E-state index in [1.54, 1.807) is 13.0 Å². The summed E-state index contributed by atoms with van der Waals surface area (Å²) in [6, 6.07) is 0.809. The number of hydrogen-bond acceptors (Lipinski definition) is 3. The zero-order valence-corrected chi connectivity index (χ0v) is 13.2. The second-order valence-electron chi connectivity index (χ2n) is 4.17. The Bertz CT molecular complexity index is 593. The minimum absolute atomic E-state index is 0.336. The van der Waals surface area contributed by atoms with E-state index in [9.17, 15) is 14.4 Å². The molecule has 0 aliphatic rings. The number of aliphatic carboxylic acids is 2. The molecule has 0 spiro atoms. The first-order chi connectivity index (χ1) is 9.70. The molecule has 0 saturated carbocycles. The number of benzene rings is 1. The predicted octanol–water partition coefficient (Wildman–Crippen LogP) is 2.46. The average molecular weight is 380 g/mol. The Labute approximate surface area is 133 Å². The minimum Gasteiger partial charge on any atom is -0.481 e. The molecular weight excluding hydrogens is 367 g/mol. The molecule has 0 bridgehead atoms. The van der Waals surface area contributed by atoms with Gasteiger partial charge in [0.05, 0.1) is 12.1 Å². The van der Waals surface area contributed by atoms with E-state index < -0.39 is 30.4 Å². The maximum absolute atomic E-state index is 11.7. The molecule has 1 atom stereocenters. The first-order valence-corrected chi connectivity index (χ1v) is 6.85. The van der Waals surface area contributed by atoms with Crippen molar-refractivity contribution in [2.45, 2.75) is 19.4 Å². The molecule has 0 fully saturated rings. The van der Waals surface area contributed by atoms with E-state index in [1.807, 2.05) is 0 Å². The second kappa shape index (κ2) is 7.28. The third-order valence-electron chi connectivity index (χ3n) is 2.48. The van der Waals surface area contributed by atoms with Gasteiger partial charge in [0.25, 0.3) is 0 Å². The lowest BCUT2D eigenvalue weighted by Gasteiger charge is -2.14. The Hall–Kier alpha value is -1.80. The van der Waals surface area contributed by atoms with Crippen molar-refractivity contribution in [3.63, 3.8) is 0 Å². The number of carboxylic acids is 2. The van der Waals surface area contributed by atoms with Crippen molar-refractivity contribution >= 4 is 51.2 Å². The molecule has 0 radical (unpaired) electrons. The van der Waals surface area contributed by atoms with E-state index in [2.05, 4.69) is 26.6 Å². The Morgan fingerprint density at radius 3 is 2.48 bits per heavy atom. The number of urea groups is 1. The van der Waals surface area contributed by atoms with Gasteiger partial charge in [-0.3, -0.25) is 4.79 Å². The van der Waals surface area contributed by atoms with Crippen LogP contribution in [0.4, 0.5) is 10.5 Å². The Balaban J connectivity index is 2.79. The van der Waals surface area contributed by atoms with Gasteiger partial charge in [-0.2, -0.15) is 0 Å². The number of carbonyl (C=O) groups is 3. The van der Waals surface area contributed by atoms with Crippen molar-refractivity contribution < 1.29 is 24.6 Å². The Kier molecular flexibility index (Phi) is 5.98. The van der Waals surface area contributed by atoms with Gasteiger partial charge >= 0.3 is 18.0 Å². The van der Waals surface area contributed by atoms with Crippen molar-refractivity contribution in [2.24, 2.45) is 0 Å². The number of carboxylic acid groups (broad SMARTS) is 2. The van der Waals surface area contributed by atoms with Crippen LogP contribution in [0.1, 0.15) is 12.0 Å². The zero-order chi connectivity index (χ0) is 16.2. The molecule has 1 aromatic rings. The topological polar surface area (TPSA) is 116 Å². The average Bonchev–Trinajstić information content (AvgIpc) is 2.34. The normalized spacial score (nSPS) is 11.6. The molecule has 21 heavy (non-hydrogen) atoms. The SMILES string of the molecule is Cc1cc(Br)c(NC(=O)NC(CC(=O)O)C(=O)O)cc1Cl. The number of halogens is 2. The van der Waals surface area contributed by atoms with Gasteiger partial charge in [-0.25, -0.2) is 9.59 Å². The summed E-state index contributed by atoms with van der Waals surface area (Å²) in [5.74, 6) is -2.77. The number of nitrogens with one attached hydrogen (secondary N) is 2. The predicted molar refractivity (Wildman–Crippen MR) is 79.7 cm³/mol. The monoisotopic (exact) mass is 378 g/mol. The lowest BCUT2D eigenvalue weighted by Crippen LogP contribution is -2.44. The first-order valence-electron chi connectivity index (χ1n) is 5.68. The van der Waals surface area contributed by atoms with Gasteiger partial charge in [-0.05, 0) is 40.5 Å². The molecule has 4 N–H and O–H groups in total. The number of amides is 2. The maximum Gasteiger partial charge on any atom is 0.326 e. The van der Waals surface area contributed by atoms with Crippen LogP contribution in [0.25, 0.3) is 0 Å². The van der Waals surface area contributed by atoms with Crippen LogP contribution in [0, 0.1) is 6.92 Å². The highest BCUT2D eigenvalue weighted by Gasteiger charge is 2.23. The molecule has 0 saturated heterocycles. The van der Waals surface area contributed by atoms with Crippen LogP contribution >= 0.6 is 27.5 Å². The van der Waals surface area contributed by atoms with E-state index in [-0.39, 0.29) is 0 Å². The van der Waals surface area contributed by atoms with Crippen LogP contribution in [0.3, 0.4) is 0 Å². The van der Waals surface area contributed by atoms with Crippen LogP contribution in [0.5, 0.6) is 0 Å². The summed E-state index contributed by atoms with van der Waals surface area (Å²) in [6.45, 7) is 1.78.